The number of aromatic nitrogens is 6. The van der Waals surface area contributed by atoms with Crippen LogP contribution in [0.1, 0.15) is 17.5 Å². The lowest BCUT2D eigenvalue weighted by molar-refractivity contribution is 0.400. The largest absolute Gasteiger partial charge is 0.338 e. The van der Waals surface area contributed by atoms with Crippen LogP contribution in [0.4, 0.5) is 4.39 Å². The van der Waals surface area contributed by atoms with E-state index in [-0.39, 0.29) is 5.82 Å². The van der Waals surface area contributed by atoms with Gasteiger partial charge >= 0.3 is 0 Å². The van der Waals surface area contributed by atoms with Gasteiger partial charge in [-0.05, 0) is 99.1 Å². The Balaban J connectivity index is 1.38. The van der Waals surface area contributed by atoms with Gasteiger partial charge in [-0.2, -0.15) is 5.10 Å². The van der Waals surface area contributed by atoms with Crippen molar-refractivity contribution < 1.29 is 4.39 Å². The van der Waals surface area contributed by atoms with E-state index in [0.717, 1.165) is 80.7 Å². The van der Waals surface area contributed by atoms with Crippen molar-refractivity contribution in [3.8, 4) is 33.8 Å². The summed E-state index contributed by atoms with van der Waals surface area (Å²) in [6.45, 7) is 2.93. The van der Waals surface area contributed by atoms with Gasteiger partial charge in [0.25, 0.3) is 0 Å². The summed E-state index contributed by atoms with van der Waals surface area (Å²) in [7, 11) is 4.17. The number of nitrogens with zero attached hydrogens (tertiary/aromatic N) is 5. The number of rotatable bonds is 7. The minimum atomic E-state index is -0.254. The third kappa shape index (κ3) is 4.66. The second-order valence-electron chi connectivity index (χ2n) is 10.00. The fourth-order valence-electron chi connectivity index (χ4n) is 4.94. The molecule has 0 saturated carbocycles. The van der Waals surface area contributed by atoms with Crippen LogP contribution in [0.2, 0.25) is 0 Å². The Labute approximate surface area is 219 Å². The predicted molar refractivity (Wildman–Crippen MR) is 149 cm³/mol. The highest BCUT2D eigenvalue weighted by molar-refractivity contribution is 6.00. The van der Waals surface area contributed by atoms with Crippen LogP contribution in [0, 0.1) is 12.7 Å². The molecule has 0 aliphatic heterocycles. The van der Waals surface area contributed by atoms with E-state index in [9.17, 15) is 4.39 Å². The lowest BCUT2D eigenvalue weighted by Gasteiger charge is -2.09. The summed E-state index contributed by atoms with van der Waals surface area (Å²) in [6.07, 6.45) is 9.36. The van der Waals surface area contributed by atoms with Crippen molar-refractivity contribution in [2.45, 2.75) is 19.8 Å². The number of halogens is 1. The highest BCUT2D eigenvalue weighted by atomic mass is 19.1. The van der Waals surface area contributed by atoms with Crippen molar-refractivity contribution >= 4 is 21.9 Å². The molecule has 6 aromatic rings. The van der Waals surface area contributed by atoms with Gasteiger partial charge < -0.3 is 9.88 Å². The topological polar surface area (TPSA) is 86.4 Å². The van der Waals surface area contributed by atoms with Crippen LogP contribution in [-0.2, 0) is 6.42 Å². The molecule has 0 amide bonds. The average molecular weight is 506 g/mol. The second kappa shape index (κ2) is 9.79. The third-order valence-electron chi connectivity index (χ3n) is 6.75. The second-order valence-corrected chi connectivity index (χ2v) is 10.00. The van der Waals surface area contributed by atoms with Crippen molar-refractivity contribution in [1.82, 2.24) is 35.0 Å². The maximum absolute atomic E-state index is 14.2. The first kappa shape index (κ1) is 23.9. The smallest absolute Gasteiger partial charge is 0.138 e. The normalized spacial score (nSPS) is 11.7. The molecule has 190 valence electrons. The molecule has 5 aromatic heterocycles. The molecule has 2 N–H and O–H groups in total. The molecule has 0 bridgehead atoms. The molecule has 8 heteroatoms. The lowest BCUT2D eigenvalue weighted by Crippen LogP contribution is -2.13. The van der Waals surface area contributed by atoms with Gasteiger partial charge in [-0.15, -0.1) is 0 Å². The standard InChI is InChI=1S/C30H28FN7/c1-18-9-20(12-22(31)10-18)23-6-7-33-30-24(23)13-27(35-30)29-25-14-26(34-17-28(25)36-37-29)21-11-19(15-32-16-21)5-4-8-38(2)3/h6-7,9-17H,4-5,8H2,1-3H3,(H,33,35)(H,36,37). The number of H-pyrrole nitrogens is 2. The van der Waals surface area contributed by atoms with E-state index in [1.54, 1.807) is 12.3 Å². The van der Waals surface area contributed by atoms with Crippen LogP contribution in [0.15, 0.2) is 67.3 Å². The Morgan fingerprint density at radius 1 is 0.921 bits per heavy atom. The zero-order valence-electron chi connectivity index (χ0n) is 21.6. The van der Waals surface area contributed by atoms with E-state index in [1.165, 1.54) is 11.6 Å². The molecule has 0 radical (unpaired) electrons. The van der Waals surface area contributed by atoms with Gasteiger partial charge in [0, 0.05) is 34.9 Å². The minimum absolute atomic E-state index is 0.254. The number of fused-ring (bicyclic) bond motifs is 2. The number of hydrogen-bond donors (Lipinski definition) is 2. The molecule has 0 saturated heterocycles. The summed E-state index contributed by atoms with van der Waals surface area (Å²) in [4.78, 5) is 19.3. The van der Waals surface area contributed by atoms with Gasteiger partial charge in [0.05, 0.1) is 23.1 Å². The van der Waals surface area contributed by atoms with E-state index < -0.39 is 0 Å². The van der Waals surface area contributed by atoms with Crippen LogP contribution in [0.25, 0.3) is 55.7 Å². The first-order valence-corrected chi connectivity index (χ1v) is 12.6. The fraction of sp³-hybridized carbons (Fsp3) is 0.200. The Morgan fingerprint density at radius 2 is 1.82 bits per heavy atom. The molecule has 38 heavy (non-hydrogen) atoms. The van der Waals surface area contributed by atoms with Crippen molar-refractivity contribution in [2.75, 3.05) is 20.6 Å². The highest BCUT2D eigenvalue weighted by Gasteiger charge is 2.16. The molecular weight excluding hydrogens is 477 g/mol. The fourth-order valence-corrected chi connectivity index (χ4v) is 4.94. The molecule has 1 aromatic carbocycles. The number of hydrogen-bond acceptors (Lipinski definition) is 5. The van der Waals surface area contributed by atoms with Gasteiger partial charge in [-0.25, -0.2) is 9.37 Å². The summed E-state index contributed by atoms with van der Waals surface area (Å²) in [6, 6.07) is 13.2. The number of nitrogens with one attached hydrogen (secondary N) is 2. The number of pyridine rings is 3. The summed E-state index contributed by atoms with van der Waals surface area (Å²) >= 11 is 0. The van der Waals surface area contributed by atoms with E-state index >= 15 is 0 Å². The number of benzene rings is 1. The summed E-state index contributed by atoms with van der Waals surface area (Å²) in [5.41, 5.74) is 8.78. The Hall–Kier alpha value is -4.43. The maximum Gasteiger partial charge on any atom is 0.138 e. The van der Waals surface area contributed by atoms with Crippen LogP contribution >= 0.6 is 0 Å². The quantitative estimate of drug-likeness (QED) is 0.271. The van der Waals surface area contributed by atoms with E-state index in [1.807, 2.05) is 49.8 Å². The minimum Gasteiger partial charge on any atom is -0.338 e. The third-order valence-corrected chi connectivity index (χ3v) is 6.75. The Kier molecular flexibility index (Phi) is 6.17. The van der Waals surface area contributed by atoms with E-state index in [2.05, 4.69) is 55.2 Å². The monoisotopic (exact) mass is 505 g/mol. The number of aromatic amines is 2. The zero-order valence-corrected chi connectivity index (χ0v) is 21.6. The van der Waals surface area contributed by atoms with Crippen LogP contribution in [-0.4, -0.2) is 55.7 Å². The van der Waals surface area contributed by atoms with Crippen LogP contribution < -0.4 is 0 Å². The molecule has 6 rings (SSSR count). The summed E-state index contributed by atoms with van der Waals surface area (Å²) in [5, 5.41) is 9.55. The average Bonchev–Trinajstić information content (AvgIpc) is 3.51. The van der Waals surface area contributed by atoms with Crippen LogP contribution in [0.5, 0.6) is 0 Å². The van der Waals surface area contributed by atoms with Gasteiger partial charge in [-0.1, -0.05) is 6.07 Å². The molecule has 7 nitrogen and oxygen atoms in total. The van der Waals surface area contributed by atoms with E-state index in [0.29, 0.717) is 0 Å². The van der Waals surface area contributed by atoms with Crippen molar-refractivity contribution in [3.63, 3.8) is 0 Å². The van der Waals surface area contributed by atoms with Crippen LogP contribution in [0.3, 0.4) is 0 Å². The first-order chi connectivity index (χ1) is 18.4. The summed E-state index contributed by atoms with van der Waals surface area (Å²) < 4.78 is 14.2. The van der Waals surface area contributed by atoms with Crippen molar-refractivity contribution in [1.29, 1.82) is 0 Å². The van der Waals surface area contributed by atoms with Gasteiger partial charge in [0.2, 0.25) is 0 Å². The Bertz CT molecular complexity index is 1750. The van der Waals surface area contributed by atoms with Gasteiger partial charge in [0.15, 0.2) is 0 Å². The van der Waals surface area contributed by atoms with Gasteiger partial charge in [-0.3, -0.25) is 15.1 Å². The van der Waals surface area contributed by atoms with Crippen molar-refractivity contribution in [3.05, 3.63) is 84.2 Å². The highest BCUT2D eigenvalue weighted by Crippen LogP contribution is 2.34. The maximum atomic E-state index is 14.2. The molecule has 0 fully saturated rings. The Morgan fingerprint density at radius 3 is 2.66 bits per heavy atom. The van der Waals surface area contributed by atoms with Gasteiger partial charge in [0.1, 0.15) is 17.2 Å². The predicted octanol–water partition coefficient (Wildman–Crippen LogP) is 6.17. The first-order valence-electron chi connectivity index (χ1n) is 12.6. The zero-order chi connectivity index (χ0) is 26.2. The number of aryl methyl sites for hydroxylation is 2. The summed E-state index contributed by atoms with van der Waals surface area (Å²) in [5.74, 6) is -0.254. The van der Waals surface area contributed by atoms with Crippen molar-refractivity contribution in [2.24, 2.45) is 0 Å². The van der Waals surface area contributed by atoms with E-state index in [4.69, 9.17) is 0 Å². The molecular formula is C30H28FN7. The SMILES string of the molecule is Cc1cc(F)cc(-c2ccnc3[nH]c(-c4n[nH]c5cnc(-c6cncc(CCCN(C)C)c6)cc45)cc23)c1. The molecule has 0 unspecified atom stereocenters. The molecule has 5 heterocycles. The molecule has 0 atom stereocenters. The molecule has 0 aliphatic carbocycles. The lowest BCUT2D eigenvalue weighted by atomic mass is 10.0. The molecule has 0 aliphatic rings. The molecule has 0 spiro atoms.